The fourth-order valence-corrected chi connectivity index (χ4v) is 4.20. The highest BCUT2D eigenvalue weighted by molar-refractivity contribution is 6.06. The number of aliphatic imine (C=N–C) groups is 1. The van der Waals surface area contributed by atoms with Crippen LogP contribution >= 0.6 is 0 Å². The minimum absolute atomic E-state index is 0.00109. The highest BCUT2D eigenvalue weighted by Crippen LogP contribution is 2.33. The minimum atomic E-state index is -0.865. The van der Waals surface area contributed by atoms with Crippen LogP contribution in [0.15, 0.2) is 56.5 Å². The van der Waals surface area contributed by atoms with Gasteiger partial charge in [0.1, 0.15) is 23.5 Å². The third kappa shape index (κ3) is 4.47. The molecule has 2 fully saturated rings. The number of hydrazone groups is 1. The molecule has 2 atom stereocenters. The molecule has 34 heavy (non-hydrogen) atoms. The van der Waals surface area contributed by atoms with Gasteiger partial charge in [-0.25, -0.2) is 9.38 Å². The number of aromatic nitrogens is 1. The van der Waals surface area contributed by atoms with Crippen molar-refractivity contribution in [1.29, 1.82) is 0 Å². The molecule has 3 aliphatic rings. The normalized spacial score (nSPS) is 27.5. The van der Waals surface area contributed by atoms with Gasteiger partial charge in [0.05, 0.1) is 17.7 Å². The van der Waals surface area contributed by atoms with Gasteiger partial charge in [-0.15, -0.1) is 0 Å². The van der Waals surface area contributed by atoms with Gasteiger partial charge in [0.15, 0.2) is 5.82 Å². The second kappa shape index (κ2) is 9.80. The fourth-order valence-electron chi connectivity index (χ4n) is 4.20. The number of nitrogens with zero attached hydrogens (tertiary/aromatic N) is 4. The van der Waals surface area contributed by atoms with E-state index in [0.717, 1.165) is 12.8 Å². The van der Waals surface area contributed by atoms with E-state index in [1.165, 1.54) is 5.01 Å². The number of halogens is 1. The van der Waals surface area contributed by atoms with Crippen molar-refractivity contribution in [3.8, 4) is 0 Å². The quantitative estimate of drug-likeness (QED) is 0.413. The van der Waals surface area contributed by atoms with Crippen LogP contribution in [0.2, 0.25) is 0 Å². The third-order valence-electron chi connectivity index (χ3n) is 6.52. The first-order valence-electron chi connectivity index (χ1n) is 11.3. The van der Waals surface area contributed by atoms with E-state index in [1.54, 1.807) is 50.1 Å². The van der Waals surface area contributed by atoms with Crippen LogP contribution in [0.4, 0.5) is 10.1 Å². The number of anilines is 1. The SMILES string of the molecule is C=NN1C(NC)=CC(Nc2cccn([C@H]3C[C@H](F)C3)c2=O)=N/C1=C(/C)C(=O)N[C@@H]1CC[C@H]1OC. The Hall–Kier alpha value is -3.47. The molecule has 1 aromatic heterocycles. The van der Waals surface area contributed by atoms with E-state index in [9.17, 15) is 14.0 Å². The van der Waals surface area contributed by atoms with Gasteiger partial charge in [-0.2, -0.15) is 10.1 Å². The van der Waals surface area contributed by atoms with Crippen molar-refractivity contribution in [3.63, 3.8) is 0 Å². The third-order valence-corrected chi connectivity index (χ3v) is 6.52. The molecular formula is C23H30FN7O3. The molecule has 10 nitrogen and oxygen atoms in total. The van der Waals surface area contributed by atoms with Crippen molar-refractivity contribution < 1.29 is 13.9 Å². The van der Waals surface area contributed by atoms with Crippen molar-refractivity contribution in [2.75, 3.05) is 19.5 Å². The number of hydrogen-bond donors (Lipinski definition) is 3. The molecule has 4 rings (SSSR count). The van der Waals surface area contributed by atoms with Crippen molar-refractivity contribution in [2.24, 2.45) is 10.1 Å². The number of pyridine rings is 1. The van der Waals surface area contributed by atoms with E-state index >= 15 is 0 Å². The topological polar surface area (TPSA) is 112 Å². The van der Waals surface area contributed by atoms with E-state index in [1.807, 2.05) is 0 Å². The number of amidine groups is 1. The monoisotopic (exact) mass is 471 g/mol. The lowest BCUT2D eigenvalue weighted by Gasteiger charge is -2.36. The molecule has 1 aliphatic heterocycles. The van der Waals surface area contributed by atoms with E-state index < -0.39 is 6.17 Å². The molecule has 3 N–H and O–H groups in total. The Morgan fingerprint density at radius 3 is 2.71 bits per heavy atom. The summed E-state index contributed by atoms with van der Waals surface area (Å²) in [5.41, 5.74) is 0.374. The standard InChI is InChI=1S/C23H30FN7O3/c1-13(22(32)28-16-7-8-18(16)34-4)21-29-19(12-20(25-2)31(21)26-3)27-17-6-5-9-30(23(17)33)15-10-14(24)11-15/h5-6,9,12,14-16,18,25H,3,7-8,10-11H2,1-2,4H3,(H,27,29)(H,28,32)/b21-13+/t14-,15-,16-,18-/m1/s1. The molecule has 0 unspecified atom stereocenters. The Kier molecular flexibility index (Phi) is 6.82. The summed E-state index contributed by atoms with van der Waals surface area (Å²) in [6.45, 7) is 5.26. The largest absolute Gasteiger partial charge is 0.379 e. The van der Waals surface area contributed by atoms with Gasteiger partial charge < -0.3 is 25.3 Å². The second-order valence-electron chi connectivity index (χ2n) is 8.59. The first-order chi connectivity index (χ1) is 16.4. The molecule has 2 saturated carbocycles. The number of alkyl halides is 1. The summed E-state index contributed by atoms with van der Waals surface area (Å²) in [5.74, 6) is 0.842. The maximum Gasteiger partial charge on any atom is 0.274 e. The summed E-state index contributed by atoms with van der Waals surface area (Å²) >= 11 is 0. The zero-order valence-corrected chi connectivity index (χ0v) is 19.5. The molecule has 11 heteroatoms. The minimum Gasteiger partial charge on any atom is -0.379 e. The molecule has 2 aliphatic carbocycles. The summed E-state index contributed by atoms with van der Waals surface area (Å²) in [6.07, 6.45) is 4.87. The Morgan fingerprint density at radius 1 is 1.35 bits per heavy atom. The van der Waals surface area contributed by atoms with Gasteiger partial charge >= 0.3 is 0 Å². The van der Waals surface area contributed by atoms with Crippen molar-refractivity contribution in [3.05, 3.63) is 52.0 Å². The van der Waals surface area contributed by atoms with Gasteiger partial charge in [0.2, 0.25) is 0 Å². The van der Waals surface area contributed by atoms with Gasteiger partial charge in [-0.3, -0.25) is 9.59 Å². The predicted molar refractivity (Wildman–Crippen MR) is 128 cm³/mol. The zero-order chi connectivity index (χ0) is 24.4. The van der Waals surface area contributed by atoms with E-state index in [0.29, 0.717) is 35.8 Å². The molecule has 2 heterocycles. The number of hydrogen-bond acceptors (Lipinski definition) is 8. The van der Waals surface area contributed by atoms with Crippen molar-refractivity contribution >= 4 is 24.1 Å². The van der Waals surface area contributed by atoms with E-state index in [-0.39, 0.29) is 35.5 Å². The Bertz CT molecular complexity index is 1120. The molecule has 0 radical (unpaired) electrons. The number of ether oxygens (including phenoxy) is 1. The molecule has 182 valence electrons. The number of carbonyl (C=O) groups is 1. The highest BCUT2D eigenvalue weighted by Gasteiger charge is 2.34. The lowest BCUT2D eigenvalue weighted by atomic mass is 9.89. The molecule has 0 aromatic carbocycles. The number of carbonyl (C=O) groups excluding carboxylic acids is 1. The van der Waals surface area contributed by atoms with Crippen LogP contribution in [0.25, 0.3) is 0 Å². The molecule has 1 aromatic rings. The Morgan fingerprint density at radius 2 is 2.12 bits per heavy atom. The van der Waals surface area contributed by atoms with Crippen LogP contribution in [0, 0.1) is 0 Å². The van der Waals surface area contributed by atoms with E-state index in [2.05, 4.69) is 32.8 Å². The smallest absolute Gasteiger partial charge is 0.274 e. The maximum absolute atomic E-state index is 13.3. The summed E-state index contributed by atoms with van der Waals surface area (Å²) in [7, 11) is 3.33. The number of methoxy groups -OCH3 is 1. The van der Waals surface area contributed by atoms with Crippen LogP contribution in [-0.4, -0.2) is 60.5 Å². The number of amides is 1. The molecule has 0 saturated heterocycles. The van der Waals surface area contributed by atoms with Crippen molar-refractivity contribution in [1.82, 2.24) is 20.2 Å². The molecular weight excluding hydrogens is 441 g/mol. The predicted octanol–water partition coefficient (Wildman–Crippen LogP) is 1.85. The number of rotatable bonds is 7. The first-order valence-corrected chi connectivity index (χ1v) is 11.3. The lowest BCUT2D eigenvalue weighted by Crippen LogP contribution is -2.51. The Labute approximate surface area is 197 Å². The summed E-state index contributed by atoms with van der Waals surface area (Å²) < 4.78 is 20.2. The van der Waals surface area contributed by atoms with Gasteiger partial charge in [-0.05, 0) is 44.7 Å². The van der Waals surface area contributed by atoms with Crippen LogP contribution in [-0.2, 0) is 9.53 Å². The fraction of sp³-hybridized carbons (Fsp3) is 0.478. The summed E-state index contributed by atoms with van der Waals surface area (Å²) in [4.78, 5) is 30.5. The van der Waals surface area contributed by atoms with Gasteiger partial charge in [0, 0.05) is 39.2 Å². The zero-order valence-electron chi connectivity index (χ0n) is 19.5. The van der Waals surface area contributed by atoms with Crippen molar-refractivity contribution in [2.45, 2.75) is 57.0 Å². The lowest BCUT2D eigenvalue weighted by molar-refractivity contribution is -0.120. The van der Waals surface area contributed by atoms with Crippen LogP contribution in [0.1, 0.15) is 38.6 Å². The van der Waals surface area contributed by atoms with Crippen LogP contribution in [0.3, 0.4) is 0 Å². The van der Waals surface area contributed by atoms with E-state index in [4.69, 9.17) is 4.74 Å². The van der Waals surface area contributed by atoms with Crippen LogP contribution in [0.5, 0.6) is 0 Å². The summed E-state index contributed by atoms with van der Waals surface area (Å²) in [6, 6.07) is 3.17. The molecule has 0 spiro atoms. The van der Waals surface area contributed by atoms with Crippen LogP contribution < -0.4 is 21.5 Å². The average Bonchev–Trinajstić information content (AvgIpc) is 2.80. The molecule has 0 bridgehead atoms. The Balaban J connectivity index is 1.62. The second-order valence-corrected chi connectivity index (χ2v) is 8.59. The van der Waals surface area contributed by atoms with Gasteiger partial charge in [0.25, 0.3) is 11.5 Å². The number of nitrogens with one attached hydrogen (secondary N) is 3. The summed E-state index contributed by atoms with van der Waals surface area (Å²) in [5, 5.41) is 14.5. The average molecular weight is 472 g/mol. The maximum atomic E-state index is 13.3. The van der Waals surface area contributed by atoms with Gasteiger partial charge in [-0.1, -0.05) is 0 Å². The first kappa shape index (κ1) is 23.7. The highest BCUT2D eigenvalue weighted by atomic mass is 19.1. The molecule has 1 amide bonds.